The van der Waals surface area contributed by atoms with Crippen molar-refractivity contribution in [1.82, 2.24) is 10.2 Å². The smallest absolute Gasteiger partial charge is 0.251 e. The number of nitrogens with one attached hydrogen (secondary N) is 1. The maximum atomic E-state index is 12.8. The minimum atomic E-state index is -0.0750. The van der Waals surface area contributed by atoms with Gasteiger partial charge in [-0.05, 0) is 49.3 Å². The molecule has 1 aromatic carbocycles. The molecule has 1 aromatic rings. The summed E-state index contributed by atoms with van der Waals surface area (Å²) in [4.78, 5) is 26.5. The van der Waals surface area contributed by atoms with Gasteiger partial charge in [-0.15, -0.1) is 0 Å². The Morgan fingerprint density at radius 3 is 2.29 bits per heavy atom. The molecule has 4 nitrogen and oxygen atoms in total. The minimum absolute atomic E-state index is 0.0750. The Labute approximate surface area is 144 Å². The molecule has 2 fully saturated rings. The maximum Gasteiger partial charge on any atom is 0.251 e. The summed E-state index contributed by atoms with van der Waals surface area (Å²) in [5.74, 6) is 0.830. The average molecular weight is 328 g/mol. The van der Waals surface area contributed by atoms with Crippen molar-refractivity contribution < 1.29 is 9.59 Å². The lowest BCUT2D eigenvalue weighted by atomic mass is 9.86. The van der Waals surface area contributed by atoms with Gasteiger partial charge in [0, 0.05) is 31.6 Å². The third-order valence-electron chi connectivity index (χ3n) is 5.29. The molecule has 2 amide bonds. The molecule has 0 aromatic heterocycles. The second-order valence-corrected chi connectivity index (χ2v) is 7.24. The largest absolute Gasteiger partial charge is 0.355 e. The van der Waals surface area contributed by atoms with Crippen LogP contribution in [0.15, 0.2) is 24.3 Å². The first-order chi connectivity index (χ1) is 11.7. The van der Waals surface area contributed by atoms with Gasteiger partial charge in [0.2, 0.25) is 5.91 Å². The summed E-state index contributed by atoms with van der Waals surface area (Å²) in [5, 5.41) is 2.63. The summed E-state index contributed by atoms with van der Waals surface area (Å²) in [6.07, 6.45) is 9.29. The molecule has 0 spiro atoms. The quantitative estimate of drug-likeness (QED) is 0.869. The molecule has 2 saturated carbocycles. The summed E-state index contributed by atoms with van der Waals surface area (Å²) in [7, 11) is 1.63. The van der Waals surface area contributed by atoms with Crippen LogP contribution < -0.4 is 5.32 Å². The third-order valence-corrected chi connectivity index (χ3v) is 5.29. The number of carbonyl (C=O) groups is 2. The molecule has 2 aliphatic carbocycles. The molecule has 0 heterocycles. The molecule has 1 N–H and O–H groups in total. The van der Waals surface area contributed by atoms with E-state index in [0.29, 0.717) is 36.4 Å². The van der Waals surface area contributed by atoms with Gasteiger partial charge in [0.05, 0.1) is 0 Å². The molecule has 24 heavy (non-hydrogen) atoms. The van der Waals surface area contributed by atoms with Gasteiger partial charge in [-0.3, -0.25) is 9.59 Å². The molecular formula is C20H28N2O2. The number of hydrogen-bond acceptors (Lipinski definition) is 2. The molecule has 3 rings (SSSR count). The van der Waals surface area contributed by atoms with Crippen molar-refractivity contribution >= 4 is 11.8 Å². The maximum absolute atomic E-state index is 12.8. The molecule has 0 bridgehead atoms. The lowest BCUT2D eigenvalue weighted by Crippen LogP contribution is -2.34. The summed E-state index contributed by atoms with van der Waals surface area (Å²) in [6.45, 7) is 0.671. The molecule has 2 aliphatic rings. The van der Waals surface area contributed by atoms with Gasteiger partial charge in [-0.25, -0.2) is 0 Å². The summed E-state index contributed by atoms with van der Waals surface area (Å²) >= 11 is 0. The highest BCUT2D eigenvalue weighted by atomic mass is 16.2. The highest BCUT2D eigenvalue weighted by Gasteiger charge is 2.33. The van der Waals surface area contributed by atoms with E-state index in [-0.39, 0.29) is 5.91 Å². The highest BCUT2D eigenvalue weighted by Crippen LogP contribution is 2.32. The van der Waals surface area contributed by atoms with Gasteiger partial charge in [-0.2, -0.15) is 0 Å². The lowest BCUT2D eigenvalue weighted by molar-refractivity contribution is -0.133. The second kappa shape index (κ2) is 7.82. The van der Waals surface area contributed by atoms with Gasteiger partial charge in [0.15, 0.2) is 0 Å². The number of carbonyl (C=O) groups excluding carboxylic acids is 2. The van der Waals surface area contributed by atoms with Gasteiger partial charge < -0.3 is 10.2 Å². The second-order valence-electron chi connectivity index (χ2n) is 7.24. The zero-order valence-electron chi connectivity index (χ0n) is 14.6. The Balaban J connectivity index is 1.61. The SMILES string of the molecule is CNC(=O)c1ccc(CN(C(=O)CC2CCCCC2)C2CC2)cc1. The van der Waals surface area contributed by atoms with Crippen molar-refractivity contribution in [1.29, 1.82) is 0 Å². The normalized spacial score (nSPS) is 18.2. The van der Waals surface area contributed by atoms with E-state index < -0.39 is 0 Å². The van der Waals surface area contributed by atoms with E-state index in [1.54, 1.807) is 7.05 Å². The number of hydrogen-bond donors (Lipinski definition) is 1. The van der Waals surface area contributed by atoms with Crippen molar-refractivity contribution in [3.05, 3.63) is 35.4 Å². The minimum Gasteiger partial charge on any atom is -0.355 e. The standard InChI is InChI=1S/C20H28N2O2/c1-21-20(24)17-9-7-16(8-10-17)14-22(18-11-12-18)19(23)13-15-5-3-2-4-6-15/h7-10,15,18H,2-6,11-14H2,1H3,(H,21,24). The van der Waals surface area contributed by atoms with Crippen LogP contribution in [0.25, 0.3) is 0 Å². The average Bonchev–Trinajstić information content (AvgIpc) is 3.45. The monoisotopic (exact) mass is 328 g/mol. The van der Waals surface area contributed by atoms with Gasteiger partial charge >= 0.3 is 0 Å². The molecule has 0 radical (unpaired) electrons. The highest BCUT2D eigenvalue weighted by molar-refractivity contribution is 5.93. The number of rotatable bonds is 6. The van der Waals surface area contributed by atoms with E-state index in [9.17, 15) is 9.59 Å². The predicted molar refractivity (Wildman–Crippen MR) is 94.6 cm³/mol. The van der Waals surface area contributed by atoms with Crippen molar-refractivity contribution in [2.24, 2.45) is 5.92 Å². The van der Waals surface area contributed by atoms with Crippen LogP contribution in [0, 0.1) is 5.92 Å². The van der Waals surface area contributed by atoms with E-state index >= 15 is 0 Å². The molecule has 0 aliphatic heterocycles. The summed E-state index contributed by atoms with van der Waals surface area (Å²) in [5.41, 5.74) is 1.76. The Bertz CT molecular complexity index is 572. The molecule has 0 atom stereocenters. The molecule has 130 valence electrons. The lowest BCUT2D eigenvalue weighted by Gasteiger charge is -2.27. The fraction of sp³-hybridized carbons (Fsp3) is 0.600. The zero-order valence-corrected chi connectivity index (χ0v) is 14.6. The molecule has 4 heteroatoms. The first-order valence-corrected chi connectivity index (χ1v) is 9.28. The van der Waals surface area contributed by atoms with Crippen molar-refractivity contribution in [3.63, 3.8) is 0 Å². The zero-order chi connectivity index (χ0) is 16.9. The number of benzene rings is 1. The van der Waals surface area contributed by atoms with E-state index in [2.05, 4.69) is 10.2 Å². The third kappa shape index (κ3) is 4.37. The van der Waals surface area contributed by atoms with Crippen molar-refractivity contribution in [3.8, 4) is 0 Å². The van der Waals surface area contributed by atoms with E-state index in [0.717, 1.165) is 18.4 Å². The van der Waals surface area contributed by atoms with Crippen LogP contribution in [0.1, 0.15) is 67.3 Å². The Morgan fingerprint density at radius 2 is 1.71 bits per heavy atom. The predicted octanol–water partition coefficient (Wildman–Crippen LogP) is 3.51. The van der Waals surface area contributed by atoms with Gasteiger partial charge in [0.25, 0.3) is 5.91 Å². The van der Waals surface area contributed by atoms with Crippen LogP contribution in [0.2, 0.25) is 0 Å². The number of nitrogens with zero attached hydrogens (tertiary/aromatic N) is 1. The van der Waals surface area contributed by atoms with E-state index in [1.807, 2.05) is 24.3 Å². The van der Waals surface area contributed by atoms with Crippen LogP contribution in [0.3, 0.4) is 0 Å². The van der Waals surface area contributed by atoms with Crippen LogP contribution in [-0.4, -0.2) is 29.8 Å². The summed E-state index contributed by atoms with van der Waals surface area (Å²) < 4.78 is 0. The topological polar surface area (TPSA) is 49.4 Å². The Morgan fingerprint density at radius 1 is 1.04 bits per heavy atom. The summed E-state index contributed by atoms with van der Waals surface area (Å²) in [6, 6.07) is 8.04. The van der Waals surface area contributed by atoms with Crippen LogP contribution in [0.4, 0.5) is 0 Å². The molecular weight excluding hydrogens is 300 g/mol. The van der Waals surface area contributed by atoms with Crippen molar-refractivity contribution in [2.45, 2.75) is 64.0 Å². The van der Waals surface area contributed by atoms with Crippen molar-refractivity contribution in [2.75, 3.05) is 7.05 Å². The number of amides is 2. The van der Waals surface area contributed by atoms with Gasteiger partial charge in [-0.1, -0.05) is 31.4 Å². The first-order valence-electron chi connectivity index (χ1n) is 9.28. The van der Waals surface area contributed by atoms with Crippen LogP contribution in [0.5, 0.6) is 0 Å². The van der Waals surface area contributed by atoms with Crippen LogP contribution >= 0.6 is 0 Å². The fourth-order valence-electron chi connectivity index (χ4n) is 3.67. The van der Waals surface area contributed by atoms with Crippen LogP contribution in [-0.2, 0) is 11.3 Å². The van der Waals surface area contributed by atoms with Gasteiger partial charge in [0.1, 0.15) is 0 Å². The Kier molecular flexibility index (Phi) is 5.54. The molecule has 0 saturated heterocycles. The fourth-order valence-corrected chi connectivity index (χ4v) is 3.67. The Hall–Kier alpha value is -1.84. The van der Waals surface area contributed by atoms with E-state index in [4.69, 9.17) is 0 Å². The first kappa shape index (κ1) is 17.0. The molecule has 0 unspecified atom stereocenters. The van der Waals surface area contributed by atoms with E-state index in [1.165, 1.54) is 32.1 Å².